The Labute approximate surface area is 121 Å². The minimum atomic E-state index is -1.22. The highest BCUT2D eigenvalue weighted by Gasteiger charge is 2.33. The SMILES string of the molecule is O=C(O)c1cc([N+](=O)[O-])ccc1NCC1(CO)CCCC1. The van der Waals surface area contributed by atoms with Crippen molar-refractivity contribution in [3.8, 4) is 0 Å². The quantitative estimate of drug-likeness (QED) is 0.548. The van der Waals surface area contributed by atoms with E-state index in [0.29, 0.717) is 12.2 Å². The molecule has 0 aromatic heterocycles. The number of hydrogen-bond donors (Lipinski definition) is 3. The fourth-order valence-corrected chi connectivity index (χ4v) is 2.78. The summed E-state index contributed by atoms with van der Waals surface area (Å²) in [4.78, 5) is 21.3. The van der Waals surface area contributed by atoms with Gasteiger partial charge in [-0.05, 0) is 18.9 Å². The standard InChI is InChI=1S/C14H18N2O5/c17-9-14(5-1-2-6-14)8-15-12-4-3-10(16(20)21)7-11(12)13(18)19/h3-4,7,15,17H,1-2,5-6,8-9H2,(H,18,19). The zero-order valence-electron chi connectivity index (χ0n) is 11.5. The summed E-state index contributed by atoms with van der Waals surface area (Å²) in [5, 5.41) is 32.5. The molecule has 0 atom stereocenters. The molecule has 0 spiro atoms. The van der Waals surface area contributed by atoms with E-state index in [1.165, 1.54) is 12.1 Å². The van der Waals surface area contributed by atoms with Crippen LogP contribution in [0.5, 0.6) is 0 Å². The van der Waals surface area contributed by atoms with Gasteiger partial charge in [-0.3, -0.25) is 10.1 Å². The average Bonchev–Trinajstić information content (AvgIpc) is 2.94. The lowest BCUT2D eigenvalue weighted by atomic mass is 9.87. The predicted molar refractivity (Wildman–Crippen MR) is 76.5 cm³/mol. The molecule has 3 N–H and O–H groups in total. The number of nitrogens with one attached hydrogen (secondary N) is 1. The van der Waals surface area contributed by atoms with Gasteiger partial charge in [0, 0.05) is 29.8 Å². The van der Waals surface area contributed by atoms with Gasteiger partial charge in [-0.25, -0.2) is 4.79 Å². The van der Waals surface area contributed by atoms with Crippen molar-refractivity contribution in [2.45, 2.75) is 25.7 Å². The van der Waals surface area contributed by atoms with Gasteiger partial charge in [-0.2, -0.15) is 0 Å². The maximum Gasteiger partial charge on any atom is 0.338 e. The first-order valence-electron chi connectivity index (χ1n) is 6.84. The largest absolute Gasteiger partial charge is 0.478 e. The second kappa shape index (κ2) is 6.09. The molecular formula is C14H18N2O5. The first kappa shape index (κ1) is 15.2. The summed E-state index contributed by atoms with van der Waals surface area (Å²) in [5.74, 6) is -1.22. The van der Waals surface area contributed by atoms with Gasteiger partial charge in [-0.15, -0.1) is 0 Å². The molecule has 0 unspecified atom stereocenters. The number of nitro benzene ring substituents is 1. The third kappa shape index (κ3) is 3.30. The maximum absolute atomic E-state index is 11.2. The van der Waals surface area contributed by atoms with E-state index in [9.17, 15) is 25.1 Å². The zero-order valence-corrected chi connectivity index (χ0v) is 11.5. The third-order valence-electron chi connectivity index (χ3n) is 4.10. The monoisotopic (exact) mass is 294 g/mol. The molecule has 114 valence electrons. The molecule has 1 saturated carbocycles. The van der Waals surface area contributed by atoms with Crippen LogP contribution in [0.3, 0.4) is 0 Å². The summed E-state index contributed by atoms with van der Waals surface area (Å²) in [6.07, 6.45) is 3.89. The van der Waals surface area contributed by atoms with Crippen molar-refractivity contribution in [2.75, 3.05) is 18.5 Å². The Morgan fingerprint density at radius 1 is 1.38 bits per heavy atom. The smallest absolute Gasteiger partial charge is 0.338 e. The molecule has 1 aromatic carbocycles. The van der Waals surface area contributed by atoms with Crippen molar-refractivity contribution in [1.82, 2.24) is 0 Å². The van der Waals surface area contributed by atoms with Crippen LogP contribution in [0, 0.1) is 15.5 Å². The lowest BCUT2D eigenvalue weighted by molar-refractivity contribution is -0.384. The maximum atomic E-state index is 11.2. The number of rotatable bonds is 6. The molecule has 0 aliphatic heterocycles. The zero-order chi connectivity index (χ0) is 15.5. The summed E-state index contributed by atoms with van der Waals surface area (Å²) in [7, 11) is 0. The van der Waals surface area contributed by atoms with Gasteiger partial charge in [0.05, 0.1) is 17.1 Å². The molecule has 0 heterocycles. The van der Waals surface area contributed by atoms with Crippen LogP contribution in [0.2, 0.25) is 0 Å². The number of carboxylic acids is 1. The Morgan fingerprint density at radius 2 is 2.05 bits per heavy atom. The molecule has 7 nitrogen and oxygen atoms in total. The number of aliphatic hydroxyl groups is 1. The van der Waals surface area contributed by atoms with E-state index in [2.05, 4.69) is 5.32 Å². The molecule has 0 radical (unpaired) electrons. The summed E-state index contributed by atoms with van der Waals surface area (Å²) < 4.78 is 0. The minimum Gasteiger partial charge on any atom is -0.478 e. The lowest BCUT2D eigenvalue weighted by Crippen LogP contribution is -2.31. The number of nitrogens with zero attached hydrogens (tertiary/aromatic N) is 1. The van der Waals surface area contributed by atoms with Crippen LogP contribution in [-0.2, 0) is 0 Å². The van der Waals surface area contributed by atoms with Crippen molar-refractivity contribution < 1.29 is 19.9 Å². The molecule has 21 heavy (non-hydrogen) atoms. The molecule has 1 aromatic rings. The molecule has 0 saturated heterocycles. The van der Waals surface area contributed by atoms with Crippen LogP contribution in [0.25, 0.3) is 0 Å². The van der Waals surface area contributed by atoms with Gasteiger partial charge < -0.3 is 15.5 Å². The van der Waals surface area contributed by atoms with Gasteiger partial charge in [0.2, 0.25) is 0 Å². The molecule has 1 fully saturated rings. The van der Waals surface area contributed by atoms with Gasteiger partial charge in [0.25, 0.3) is 5.69 Å². The fraction of sp³-hybridized carbons (Fsp3) is 0.500. The fourth-order valence-electron chi connectivity index (χ4n) is 2.78. The first-order valence-corrected chi connectivity index (χ1v) is 6.84. The number of aromatic carboxylic acids is 1. The average molecular weight is 294 g/mol. The van der Waals surface area contributed by atoms with Crippen molar-refractivity contribution in [1.29, 1.82) is 0 Å². The van der Waals surface area contributed by atoms with Crippen LogP contribution in [-0.4, -0.2) is 34.3 Å². The number of non-ortho nitro benzene ring substituents is 1. The number of hydrogen-bond acceptors (Lipinski definition) is 5. The Morgan fingerprint density at radius 3 is 2.57 bits per heavy atom. The molecule has 7 heteroatoms. The summed E-state index contributed by atoms with van der Waals surface area (Å²) in [5.41, 5.74) is -0.267. The second-order valence-corrected chi connectivity index (χ2v) is 5.51. The van der Waals surface area contributed by atoms with Gasteiger partial charge in [-0.1, -0.05) is 12.8 Å². The van der Waals surface area contributed by atoms with Crippen molar-refractivity contribution in [2.24, 2.45) is 5.41 Å². The second-order valence-electron chi connectivity index (χ2n) is 5.51. The van der Waals surface area contributed by atoms with E-state index in [1.807, 2.05) is 0 Å². The van der Waals surface area contributed by atoms with Gasteiger partial charge >= 0.3 is 5.97 Å². The van der Waals surface area contributed by atoms with Gasteiger partial charge in [0.1, 0.15) is 0 Å². The highest BCUT2D eigenvalue weighted by Crippen LogP contribution is 2.38. The van der Waals surface area contributed by atoms with Crippen molar-refractivity contribution >= 4 is 17.3 Å². The number of benzene rings is 1. The van der Waals surface area contributed by atoms with Crippen molar-refractivity contribution in [3.63, 3.8) is 0 Å². The Bertz CT molecular complexity index is 552. The molecule has 0 bridgehead atoms. The van der Waals surface area contributed by atoms with E-state index < -0.39 is 10.9 Å². The van der Waals surface area contributed by atoms with Crippen LogP contribution in [0.4, 0.5) is 11.4 Å². The molecule has 1 aliphatic carbocycles. The lowest BCUT2D eigenvalue weighted by Gasteiger charge is -2.27. The molecule has 0 amide bonds. The topological polar surface area (TPSA) is 113 Å². The highest BCUT2D eigenvalue weighted by atomic mass is 16.6. The number of nitro groups is 1. The summed E-state index contributed by atoms with van der Waals surface area (Å²) in [6, 6.07) is 3.72. The van der Waals surface area contributed by atoms with Crippen LogP contribution in [0.15, 0.2) is 18.2 Å². The summed E-state index contributed by atoms with van der Waals surface area (Å²) >= 11 is 0. The molecule has 2 rings (SSSR count). The Hall–Kier alpha value is -2.15. The minimum absolute atomic E-state index is 0.0510. The number of aliphatic hydroxyl groups excluding tert-OH is 1. The van der Waals surface area contributed by atoms with E-state index in [-0.39, 0.29) is 23.3 Å². The molecule has 1 aliphatic rings. The van der Waals surface area contributed by atoms with E-state index in [4.69, 9.17) is 0 Å². The van der Waals surface area contributed by atoms with Crippen LogP contribution in [0.1, 0.15) is 36.0 Å². The van der Waals surface area contributed by atoms with E-state index in [1.54, 1.807) is 0 Å². The van der Waals surface area contributed by atoms with Crippen LogP contribution >= 0.6 is 0 Å². The predicted octanol–water partition coefficient (Wildman–Crippen LogP) is 2.26. The normalized spacial score (nSPS) is 16.6. The Kier molecular flexibility index (Phi) is 4.42. The van der Waals surface area contributed by atoms with Gasteiger partial charge in [0.15, 0.2) is 0 Å². The summed E-state index contributed by atoms with van der Waals surface area (Å²) in [6.45, 7) is 0.511. The molecular weight excluding hydrogens is 276 g/mol. The van der Waals surface area contributed by atoms with E-state index in [0.717, 1.165) is 31.7 Å². The number of anilines is 1. The first-order chi connectivity index (χ1) is 9.97. The number of carboxylic acid groups (broad SMARTS) is 1. The van der Waals surface area contributed by atoms with Crippen molar-refractivity contribution in [3.05, 3.63) is 33.9 Å². The Balaban J connectivity index is 2.19. The highest BCUT2D eigenvalue weighted by molar-refractivity contribution is 5.95. The number of carbonyl (C=O) groups is 1. The van der Waals surface area contributed by atoms with Crippen LogP contribution < -0.4 is 5.32 Å². The third-order valence-corrected chi connectivity index (χ3v) is 4.10. The van der Waals surface area contributed by atoms with E-state index >= 15 is 0 Å².